The number of halogens is 3. The molecule has 0 aliphatic carbocycles. The molecule has 2 heterocycles. The number of sulfonamides is 1. The lowest BCUT2D eigenvalue weighted by Crippen LogP contribution is -2.48. The highest BCUT2D eigenvalue weighted by Gasteiger charge is 2.39. The smallest absolute Gasteiger partial charge is 0.246 e. The average Bonchev–Trinajstić information content (AvgIpc) is 2.79. The van der Waals surface area contributed by atoms with Crippen LogP contribution in [0, 0.1) is 5.82 Å². The van der Waals surface area contributed by atoms with E-state index in [-0.39, 0.29) is 28.4 Å². The van der Waals surface area contributed by atoms with E-state index in [4.69, 9.17) is 11.6 Å². The van der Waals surface area contributed by atoms with E-state index in [1.165, 1.54) is 29.6 Å². The summed E-state index contributed by atoms with van der Waals surface area (Å²) in [6.07, 6.45) is 3.71. The first-order valence-electron chi connectivity index (χ1n) is 7.07. The molecule has 1 N–H and O–H groups in total. The van der Waals surface area contributed by atoms with Crippen LogP contribution in [0.3, 0.4) is 0 Å². The summed E-state index contributed by atoms with van der Waals surface area (Å²) in [7, 11) is -2.33. The van der Waals surface area contributed by atoms with E-state index in [0.717, 1.165) is 25.7 Å². The molecule has 4 nitrogen and oxygen atoms in total. The third kappa shape index (κ3) is 3.12. The molecule has 124 valence electrons. The van der Waals surface area contributed by atoms with Gasteiger partial charge in [-0.25, -0.2) is 12.8 Å². The van der Waals surface area contributed by atoms with Crippen LogP contribution in [0.5, 0.6) is 0 Å². The van der Waals surface area contributed by atoms with Gasteiger partial charge in [-0.1, -0.05) is 17.7 Å². The Balaban J connectivity index is 0.00000176. The summed E-state index contributed by atoms with van der Waals surface area (Å²) in [4.78, 5) is -0.344. The van der Waals surface area contributed by atoms with Gasteiger partial charge in [0.2, 0.25) is 10.0 Å². The molecular weight excluding hydrogens is 350 g/mol. The zero-order valence-corrected chi connectivity index (χ0v) is 14.5. The minimum Gasteiger partial charge on any atom is -0.311 e. The summed E-state index contributed by atoms with van der Waals surface area (Å²) in [5, 5.41) is 3.30. The molecule has 1 aromatic carbocycles. The first-order chi connectivity index (χ1) is 9.89. The van der Waals surface area contributed by atoms with Gasteiger partial charge in [0.1, 0.15) is 4.90 Å². The highest BCUT2D eigenvalue weighted by atomic mass is 35.5. The maximum absolute atomic E-state index is 14.0. The van der Waals surface area contributed by atoms with E-state index in [9.17, 15) is 12.8 Å². The quantitative estimate of drug-likeness (QED) is 0.892. The summed E-state index contributed by atoms with van der Waals surface area (Å²) in [6, 6.07) is 4.72. The van der Waals surface area contributed by atoms with Gasteiger partial charge in [-0.2, -0.15) is 4.31 Å². The molecule has 2 unspecified atom stereocenters. The summed E-state index contributed by atoms with van der Waals surface area (Å²) < 4.78 is 40.6. The molecule has 2 fully saturated rings. The highest BCUT2D eigenvalue weighted by Crippen LogP contribution is 2.32. The van der Waals surface area contributed by atoms with Crippen LogP contribution in [-0.4, -0.2) is 37.9 Å². The maximum atomic E-state index is 14.0. The lowest BCUT2D eigenvalue weighted by molar-refractivity contribution is 0.251. The molecule has 2 aliphatic rings. The Bertz CT molecular complexity index is 644. The number of piperidine rings is 1. The van der Waals surface area contributed by atoms with Gasteiger partial charge in [0.05, 0.1) is 5.02 Å². The predicted octanol–water partition coefficient (Wildman–Crippen LogP) is 2.80. The molecule has 1 aromatic rings. The lowest BCUT2D eigenvalue weighted by atomic mass is 10.0. The van der Waals surface area contributed by atoms with Crippen LogP contribution >= 0.6 is 24.0 Å². The van der Waals surface area contributed by atoms with Crippen LogP contribution < -0.4 is 5.32 Å². The number of hydrogen-bond donors (Lipinski definition) is 1. The van der Waals surface area contributed by atoms with Gasteiger partial charge in [0.25, 0.3) is 0 Å². The van der Waals surface area contributed by atoms with Gasteiger partial charge in [-0.15, -0.1) is 12.4 Å². The van der Waals surface area contributed by atoms with Gasteiger partial charge < -0.3 is 5.32 Å². The second-order valence-corrected chi connectivity index (χ2v) is 8.21. The number of hydrogen-bond acceptors (Lipinski definition) is 3. The Morgan fingerprint density at radius 1 is 1.27 bits per heavy atom. The average molecular weight is 369 g/mol. The minimum atomic E-state index is -3.86. The molecule has 0 saturated carbocycles. The van der Waals surface area contributed by atoms with E-state index in [1.807, 2.05) is 0 Å². The van der Waals surface area contributed by atoms with Crippen LogP contribution in [-0.2, 0) is 10.0 Å². The van der Waals surface area contributed by atoms with E-state index in [2.05, 4.69) is 5.32 Å². The number of benzene rings is 1. The Kier molecular flexibility index (Phi) is 5.39. The SMILES string of the molecule is CN(C1CC2CCC(C1)N2)S(=O)(=O)c1cccc(Cl)c1F.Cl. The third-order valence-electron chi connectivity index (χ3n) is 4.54. The Morgan fingerprint density at radius 2 is 1.86 bits per heavy atom. The zero-order chi connectivity index (χ0) is 15.2. The van der Waals surface area contributed by atoms with Crippen LogP contribution in [0.4, 0.5) is 4.39 Å². The monoisotopic (exact) mass is 368 g/mol. The summed E-state index contributed by atoms with van der Waals surface area (Å²) in [6.45, 7) is 0. The standard InChI is InChI=1S/C14H18ClFN2O2S.ClH/c1-18(11-7-9-5-6-10(8-11)17-9)21(19,20)13-4-2-3-12(15)14(13)16;/h2-4,9-11,17H,5-8H2,1H3;1H. The van der Waals surface area contributed by atoms with Crippen molar-refractivity contribution in [3.05, 3.63) is 29.0 Å². The third-order valence-corrected chi connectivity index (χ3v) is 6.76. The number of fused-ring (bicyclic) bond motifs is 2. The van der Waals surface area contributed by atoms with Gasteiger partial charge in [-0.3, -0.25) is 0 Å². The fourth-order valence-electron chi connectivity index (χ4n) is 3.36. The van der Waals surface area contributed by atoms with Crippen LogP contribution in [0.2, 0.25) is 5.02 Å². The van der Waals surface area contributed by atoms with E-state index < -0.39 is 15.8 Å². The van der Waals surface area contributed by atoms with Crippen molar-refractivity contribution >= 4 is 34.0 Å². The number of nitrogens with zero attached hydrogens (tertiary/aromatic N) is 1. The van der Waals surface area contributed by atoms with Gasteiger partial charge in [0, 0.05) is 25.2 Å². The normalized spacial score (nSPS) is 27.7. The van der Waals surface area contributed by atoms with Gasteiger partial charge >= 0.3 is 0 Å². The van der Waals surface area contributed by atoms with Crippen LogP contribution in [0.15, 0.2) is 23.1 Å². The molecule has 3 rings (SSSR count). The van der Waals surface area contributed by atoms with E-state index in [0.29, 0.717) is 12.1 Å². The fraction of sp³-hybridized carbons (Fsp3) is 0.571. The second kappa shape index (κ2) is 6.61. The predicted molar refractivity (Wildman–Crippen MR) is 86.6 cm³/mol. The van der Waals surface area contributed by atoms with Crippen molar-refractivity contribution < 1.29 is 12.8 Å². The molecule has 0 radical (unpaired) electrons. The Labute approximate surface area is 141 Å². The minimum absolute atomic E-state index is 0. The number of nitrogens with one attached hydrogen (secondary N) is 1. The van der Waals surface area contributed by atoms with Gasteiger partial charge in [0.15, 0.2) is 5.82 Å². The molecule has 2 saturated heterocycles. The van der Waals surface area contributed by atoms with Crippen molar-refractivity contribution in [1.82, 2.24) is 9.62 Å². The molecule has 8 heteroatoms. The van der Waals surface area contributed by atoms with Crippen molar-refractivity contribution in [1.29, 1.82) is 0 Å². The maximum Gasteiger partial charge on any atom is 0.246 e. The number of rotatable bonds is 3. The molecular formula is C14H19Cl2FN2O2S. The molecule has 0 aromatic heterocycles. The summed E-state index contributed by atoms with van der Waals surface area (Å²) in [5.74, 6) is -0.872. The van der Waals surface area contributed by atoms with Gasteiger partial charge in [-0.05, 0) is 37.8 Å². The molecule has 2 aliphatic heterocycles. The summed E-state index contributed by atoms with van der Waals surface area (Å²) >= 11 is 5.70. The van der Waals surface area contributed by atoms with Crippen molar-refractivity contribution in [3.8, 4) is 0 Å². The Hall–Kier alpha value is -0.400. The molecule has 0 amide bonds. The molecule has 22 heavy (non-hydrogen) atoms. The zero-order valence-electron chi connectivity index (χ0n) is 12.1. The largest absolute Gasteiger partial charge is 0.311 e. The molecule has 2 atom stereocenters. The van der Waals surface area contributed by atoms with Crippen molar-refractivity contribution in [3.63, 3.8) is 0 Å². The second-order valence-electron chi connectivity index (χ2n) is 5.84. The molecule has 0 spiro atoms. The first kappa shape index (κ1) is 17.9. The van der Waals surface area contributed by atoms with Crippen molar-refractivity contribution in [2.24, 2.45) is 0 Å². The first-order valence-corrected chi connectivity index (χ1v) is 8.89. The lowest BCUT2D eigenvalue weighted by Gasteiger charge is -2.34. The Morgan fingerprint density at radius 3 is 2.45 bits per heavy atom. The fourth-order valence-corrected chi connectivity index (χ4v) is 5.05. The summed E-state index contributed by atoms with van der Waals surface area (Å²) in [5.41, 5.74) is 0. The van der Waals surface area contributed by atoms with E-state index in [1.54, 1.807) is 0 Å². The highest BCUT2D eigenvalue weighted by molar-refractivity contribution is 7.89. The topological polar surface area (TPSA) is 49.4 Å². The molecule has 2 bridgehead atoms. The van der Waals surface area contributed by atoms with E-state index >= 15 is 0 Å². The van der Waals surface area contributed by atoms with Crippen LogP contribution in [0.25, 0.3) is 0 Å². The van der Waals surface area contributed by atoms with Crippen molar-refractivity contribution in [2.45, 2.75) is 48.7 Å². The van der Waals surface area contributed by atoms with Crippen molar-refractivity contribution in [2.75, 3.05) is 7.05 Å². The van der Waals surface area contributed by atoms with Crippen LogP contribution in [0.1, 0.15) is 25.7 Å².